The highest BCUT2D eigenvalue weighted by atomic mass is 32.2. The number of carbonyl (C=O) groups is 2. The van der Waals surface area contributed by atoms with Crippen LogP contribution in [0.5, 0.6) is 0 Å². The third-order valence-corrected chi connectivity index (χ3v) is 7.48. The minimum atomic E-state index is -3.83. The van der Waals surface area contributed by atoms with E-state index in [1.807, 2.05) is 19.1 Å². The zero-order valence-corrected chi connectivity index (χ0v) is 20.5. The van der Waals surface area contributed by atoms with Crippen molar-refractivity contribution >= 4 is 27.7 Å². The molecular formula is C25H28N4O5S. The summed E-state index contributed by atoms with van der Waals surface area (Å²) in [7, 11) is -3.83. The molecule has 1 fully saturated rings. The first-order valence-corrected chi connectivity index (χ1v) is 12.9. The van der Waals surface area contributed by atoms with Crippen molar-refractivity contribution in [1.29, 1.82) is 0 Å². The summed E-state index contributed by atoms with van der Waals surface area (Å²) in [6.45, 7) is 4.53. The largest absolute Gasteiger partial charge is 0.468 e. The molecule has 0 radical (unpaired) electrons. The lowest BCUT2D eigenvalue weighted by Gasteiger charge is -2.31. The third-order valence-electron chi connectivity index (χ3n) is 6.09. The molecule has 0 atom stereocenters. The number of nitrogens with zero attached hydrogens (tertiary/aromatic N) is 2. The standard InChI is InChI=1S/C25H28N4O5S/c1-17-7-10-26-23(14-17)28-24(30)19-8-11-29(12-9-19)25(31)22-15-21(6-5-18(22)2)35(32,33)27-16-20-4-3-13-34-20/h3-7,10,13-15,19,27H,8-9,11-12,16H2,1-2H3,(H,26,28,30). The minimum absolute atomic E-state index is 0.0120. The van der Waals surface area contributed by atoms with E-state index in [1.54, 1.807) is 36.2 Å². The Morgan fingerprint density at radius 2 is 1.89 bits per heavy atom. The maximum Gasteiger partial charge on any atom is 0.254 e. The maximum absolute atomic E-state index is 13.2. The molecule has 0 aliphatic carbocycles. The number of benzene rings is 1. The second-order valence-corrected chi connectivity index (χ2v) is 10.4. The Kier molecular flexibility index (Phi) is 7.32. The Labute approximate surface area is 204 Å². The Balaban J connectivity index is 1.39. The van der Waals surface area contributed by atoms with Crippen LogP contribution < -0.4 is 10.0 Å². The van der Waals surface area contributed by atoms with E-state index >= 15 is 0 Å². The molecule has 3 aromatic rings. The van der Waals surface area contributed by atoms with Gasteiger partial charge in [-0.1, -0.05) is 6.07 Å². The molecule has 2 N–H and O–H groups in total. The molecule has 184 valence electrons. The van der Waals surface area contributed by atoms with Crippen molar-refractivity contribution in [1.82, 2.24) is 14.6 Å². The number of nitrogens with one attached hydrogen (secondary N) is 2. The summed E-state index contributed by atoms with van der Waals surface area (Å²) in [6.07, 6.45) is 4.16. The van der Waals surface area contributed by atoms with E-state index in [2.05, 4.69) is 15.0 Å². The van der Waals surface area contributed by atoms with Gasteiger partial charge in [-0.15, -0.1) is 0 Å². The summed E-state index contributed by atoms with van der Waals surface area (Å²) in [5, 5.41) is 2.85. The van der Waals surface area contributed by atoms with Crippen LogP contribution in [0.25, 0.3) is 0 Å². The minimum Gasteiger partial charge on any atom is -0.468 e. The molecule has 2 aromatic heterocycles. The van der Waals surface area contributed by atoms with Crippen molar-refractivity contribution in [3.63, 3.8) is 0 Å². The van der Waals surface area contributed by atoms with Crippen molar-refractivity contribution in [2.45, 2.75) is 38.1 Å². The number of likely N-dealkylation sites (tertiary alicyclic amines) is 1. The van der Waals surface area contributed by atoms with Gasteiger partial charge in [-0.3, -0.25) is 9.59 Å². The van der Waals surface area contributed by atoms with Gasteiger partial charge in [0.1, 0.15) is 11.6 Å². The van der Waals surface area contributed by atoms with E-state index in [-0.39, 0.29) is 29.2 Å². The summed E-state index contributed by atoms with van der Waals surface area (Å²) in [6, 6.07) is 11.5. The number of furan rings is 1. The van der Waals surface area contributed by atoms with Gasteiger partial charge >= 0.3 is 0 Å². The van der Waals surface area contributed by atoms with Crippen LogP contribution in [0, 0.1) is 19.8 Å². The molecule has 9 nitrogen and oxygen atoms in total. The van der Waals surface area contributed by atoms with E-state index < -0.39 is 10.0 Å². The first-order chi connectivity index (χ1) is 16.7. The van der Waals surface area contributed by atoms with Crippen LogP contribution in [0.4, 0.5) is 5.82 Å². The van der Waals surface area contributed by atoms with Crippen molar-refractivity contribution in [2.75, 3.05) is 18.4 Å². The van der Waals surface area contributed by atoms with Gasteiger partial charge in [-0.2, -0.15) is 0 Å². The first kappa shape index (κ1) is 24.6. The number of aryl methyl sites for hydroxylation is 2. The fraction of sp³-hybridized carbons (Fsp3) is 0.320. The number of carbonyl (C=O) groups excluding carboxylic acids is 2. The van der Waals surface area contributed by atoms with Crippen LogP contribution in [0.1, 0.15) is 40.1 Å². The molecule has 2 amide bonds. The molecule has 1 aromatic carbocycles. The zero-order chi connectivity index (χ0) is 25.0. The lowest BCUT2D eigenvalue weighted by Crippen LogP contribution is -2.41. The molecule has 1 aliphatic heterocycles. The summed E-state index contributed by atoms with van der Waals surface area (Å²) in [5.41, 5.74) is 2.02. The van der Waals surface area contributed by atoms with Gasteiger partial charge in [0.15, 0.2) is 0 Å². The van der Waals surface area contributed by atoms with Crippen LogP contribution >= 0.6 is 0 Å². The van der Waals surface area contributed by atoms with Gasteiger partial charge in [0.25, 0.3) is 5.91 Å². The molecule has 0 bridgehead atoms. The van der Waals surface area contributed by atoms with Crippen molar-refractivity contribution in [3.05, 3.63) is 77.4 Å². The lowest BCUT2D eigenvalue weighted by atomic mass is 9.95. The number of aromatic nitrogens is 1. The number of hydrogen-bond acceptors (Lipinski definition) is 6. The average Bonchev–Trinajstić information content (AvgIpc) is 3.37. The van der Waals surface area contributed by atoms with Gasteiger partial charge in [-0.25, -0.2) is 18.1 Å². The molecule has 4 rings (SSSR count). The molecule has 0 unspecified atom stereocenters. The fourth-order valence-electron chi connectivity index (χ4n) is 4.01. The molecule has 10 heteroatoms. The van der Waals surface area contributed by atoms with Gasteiger partial charge in [-0.05, 0) is 74.2 Å². The predicted octanol–water partition coefficient (Wildman–Crippen LogP) is 3.26. The number of hydrogen-bond donors (Lipinski definition) is 2. The van der Waals surface area contributed by atoms with Crippen LogP contribution in [0.15, 0.2) is 64.2 Å². The number of piperidine rings is 1. The molecule has 35 heavy (non-hydrogen) atoms. The average molecular weight is 497 g/mol. The van der Waals surface area contributed by atoms with Crippen molar-refractivity contribution in [3.8, 4) is 0 Å². The number of pyridine rings is 1. The highest BCUT2D eigenvalue weighted by Crippen LogP contribution is 2.23. The van der Waals surface area contributed by atoms with Gasteiger partial charge in [0.2, 0.25) is 15.9 Å². The molecule has 0 saturated carbocycles. The summed E-state index contributed by atoms with van der Waals surface area (Å²) in [5.74, 6) is 0.428. The van der Waals surface area contributed by atoms with E-state index in [9.17, 15) is 18.0 Å². The van der Waals surface area contributed by atoms with E-state index in [0.717, 1.165) is 5.56 Å². The number of sulfonamides is 1. The van der Waals surface area contributed by atoms with Crippen LogP contribution in [-0.2, 0) is 21.4 Å². The second kappa shape index (κ2) is 10.4. The number of amides is 2. The van der Waals surface area contributed by atoms with Crippen LogP contribution in [0.3, 0.4) is 0 Å². The quantitative estimate of drug-likeness (QED) is 0.518. The SMILES string of the molecule is Cc1ccnc(NC(=O)C2CCN(C(=O)c3cc(S(=O)(=O)NCc4ccco4)ccc3C)CC2)c1. The summed E-state index contributed by atoms with van der Waals surface area (Å²) >= 11 is 0. The van der Waals surface area contributed by atoms with Gasteiger partial charge in [0, 0.05) is 30.8 Å². The molecule has 3 heterocycles. The van der Waals surface area contributed by atoms with Crippen molar-refractivity contribution < 1.29 is 22.4 Å². The first-order valence-electron chi connectivity index (χ1n) is 11.4. The zero-order valence-electron chi connectivity index (χ0n) is 19.7. The van der Waals surface area contributed by atoms with Crippen LogP contribution in [-0.4, -0.2) is 43.2 Å². The predicted molar refractivity (Wildman–Crippen MR) is 130 cm³/mol. The van der Waals surface area contributed by atoms with E-state index in [0.29, 0.717) is 48.6 Å². The molecule has 1 aliphatic rings. The molecular weight excluding hydrogens is 468 g/mol. The Morgan fingerprint density at radius 1 is 1.11 bits per heavy atom. The Bertz CT molecular complexity index is 1310. The third kappa shape index (κ3) is 5.95. The Morgan fingerprint density at radius 3 is 2.57 bits per heavy atom. The monoisotopic (exact) mass is 496 g/mol. The van der Waals surface area contributed by atoms with E-state index in [1.165, 1.54) is 18.4 Å². The maximum atomic E-state index is 13.2. The number of anilines is 1. The lowest BCUT2D eigenvalue weighted by molar-refractivity contribution is -0.121. The molecule has 0 spiro atoms. The van der Waals surface area contributed by atoms with Gasteiger partial charge < -0.3 is 14.6 Å². The topological polar surface area (TPSA) is 122 Å². The summed E-state index contributed by atoms with van der Waals surface area (Å²) < 4.78 is 33.2. The highest BCUT2D eigenvalue weighted by molar-refractivity contribution is 7.89. The smallest absolute Gasteiger partial charge is 0.254 e. The normalized spacial score (nSPS) is 14.6. The Hall–Kier alpha value is -3.50. The van der Waals surface area contributed by atoms with Crippen LogP contribution in [0.2, 0.25) is 0 Å². The van der Waals surface area contributed by atoms with Crippen molar-refractivity contribution in [2.24, 2.45) is 5.92 Å². The number of rotatable bonds is 7. The summed E-state index contributed by atoms with van der Waals surface area (Å²) in [4.78, 5) is 31.7. The van der Waals surface area contributed by atoms with E-state index in [4.69, 9.17) is 4.42 Å². The fourth-order valence-corrected chi connectivity index (χ4v) is 5.03. The second-order valence-electron chi connectivity index (χ2n) is 8.65. The molecule has 1 saturated heterocycles. The van der Waals surface area contributed by atoms with Gasteiger partial charge in [0.05, 0.1) is 17.7 Å². The highest BCUT2D eigenvalue weighted by Gasteiger charge is 2.29.